The summed E-state index contributed by atoms with van der Waals surface area (Å²) in [6, 6.07) is 16.0. The quantitative estimate of drug-likeness (QED) is 0.482. The number of ether oxygens (including phenoxy) is 1. The van der Waals surface area contributed by atoms with Crippen LogP contribution in [0.25, 0.3) is 11.5 Å². The number of guanidine groups is 1. The number of oxazole rings is 1. The predicted octanol–water partition coefficient (Wildman–Crippen LogP) is 3.91. The van der Waals surface area contributed by atoms with E-state index in [0.717, 1.165) is 40.6 Å². The van der Waals surface area contributed by atoms with Gasteiger partial charge < -0.3 is 19.8 Å². The molecule has 146 valence electrons. The fraction of sp³-hybridized carbons (Fsp3) is 0.273. The van der Waals surface area contributed by atoms with E-state index in [-0.39, 0.29) is 0 Å². The summed E-state index contributed by atoms with van der Waals surface area (Å²) >= 11 is 0. The largest absolute Gasteiger partial charge is 0.496 e. The Morgan fingerprint density at radius 1 is 1.14 bits per heavy atom. The van der Waals surface area contributed by atoms with Gasteiger partial charge in [-0.1, -0.05) is 30.3 Å². The Kier molecular flexibility index (Phi) is 6.68. The van der Waals surface area contributed by atoms with Crippen LogP contribution in [0.4, 0.5) is 0 Å². The molecule has 2 N–H and O–H groups in total. The SMILES string of the molecule is CCNC(=NCc1ccc(C)cc1OC)NCc1coc(-c2ccccc2)n1. The Bertz CT molecular complexity index is 919. The van der Waals surface area contributed by atoms with Gasteiger partial charge in [0.2, 0.25) is 5.89 Å². The van der Waals surface area contributed by atoms with Crippen molar-refractivity contribution in [3.63, 3.8) is 0 Å². The highest BCUT2D eigenvalue weighted by Crippen LogP contribution is 2.21. The molecule has 0 aliphatic heterocycles. The molecule has 6 nitrogen and oxygen atoms in total. The number of rotatable bonds is 7. The molecule has 28 heavy (non-hydrogen) atoms. The third kappa shape index (κ3) is 5.13. The topological polar surface area (TPSA) is 71.7 Å². The molecule has 0 unspecified atom stereocenters. The van der Waals surface area contributed by atoms with E-state index in [4.69, 9.17) is 9.15 Å². The van der Waals surface area contributed by atoms with E-state index in [1.807, 2.05) is 56.3 Å². The summed E-state index contributed by atoms with van der Waals surface area (Å²) in [6.45, 7) is 5.89. The van der Waals surface area contributed by atoms with Crippen molar-refractivity contribution in [1.29, 1.82) is 0 Å². The molecule has 0 aliphatic carbocycles. The van der Waals surface area contributed by atoms with E-state index < -0.39 is 0 Å². The van der Waals surface area contributed by atoms with Gasteiger partial charge >= 0.3 is 0 Å². The summed E-state index contributed by atoms with van der Waals surface area (Å²) in [5.41, 5.74) is 3.98. The number of aryl methyl sites for hydroxylation is 1. The van der Waals surface area contributed by atoms with Crippen molar-refractivity contribution in [2.45, 2.75) is 26.9 Å². The maximum Gasteiger partial charge on any atom is 0.226 e. The highest BCUT2D eigenvalue weighted by Gasteiger charge is 2.08. The first-order valence-electron chi connectivity index (χ1n) is 9.35. The molecule has 0 saturated heterocycles. The molecular weight excluding hydrogens is 352 g/mol. The van der Waals surface area contributed by atoms with Crippen molar-refractivity contribution in [3.05, 3.63) is 71.6 Å². The normalized spacial score (nSPS) is 11.3. The number of aromatic nitrogens is 1. The van der Waals surface area contributed by atoms with Gasteiger partial charge in [-0.05, 0) is 37.6 Å². The molecule has 0 atom stereocenters. The third-order valence-corrected chi connectivity index (χ3v) is 4.20. The lowest BCUT2D eigenvalue weighted by molar-refractivity contribution is 0.409. The average Bonchev–Trinajstić information content (AvgIpc) is 3.20. The molecule has 2 aromatic carbocycles. The summed E-state index contributed by atoms with van der Waals surface area (Å²) < 4.78 is 11.0. The highest BCUT2D eigenvalue weighted by molar-refractivity contribution is 5.79. The number of aliphatic imine (C=N–C) groups is 1. The van der Waals surface area contributed by atoms with E-state index in [1.165, 1.54) is 0 Å². The van der Waals surface area contributed by atoms with Crippen LogP contribution < -0.4 is 15.4 Å². The number of hydrogen-bond donors (Lipinski definition) is 2. The van der Waals surface area contributed by atoms with Gasteiger partial charge in [-0.25, -0.2) is 9.98 Å². The average molecular weight is 378 g/mol. The van der Waals surface area contributed by atoms with E-state index in [9.17, 15) is 0 Å². The molecule has 0 saturated carbocycles. The van der Waals surface area contributed by atoms with Crippen LogP contribution in [0.2, 0.25) is 0 Å². The lowest BCUT2D eigenvalue weighted by Gasteiger charge is -2.11. The summed E-state index contributed by atoms with van der Waals surface area (Å²) in [5.74, 6) is 2.18. The van der Waals surface area contributed by atoms with E-state index in [0.29, 0.717) is 19.0 Å². The third-order valence-electron chi connectivity index (χ3n) is 4.20. The molecular formula is C22H26N4O2. The van der Waals surface area contributed by atoms with Crippen molar-refractivity contribution in [2.75, 3.05) is 13.7 Å². The molecule has 6 heteroatoms. The zero-order valence-electron chi connectivity index (χ0n) is 16.5. The second-order valence-corrected chi connectivity index (χ2v) is 6.37. The first kappa shape index (κ1) is 19.5. The minimum absolute atomic E-state index is 0.521. The molecule has 0 bridgehead atoms. The molecule has 0 aliphatic rings. The molecule has 1 heterocycles. The van der Waals surface area contributed by atoms with Crippen LogP contribution in [-0.2, 0) is 13.1 Å². The van der Waals surface area contributed by atoms with Crippen LogP contribution in [0.5, 0.6) is 5.75 Å². The molecule has 0 radical (unpaired) electrons. The minimum atomic E-state index is 0.521. The van der Waals surface area contributed by atoms with Gasteiger partial charge in [0.1, 0.15) is 12.0 Å². The van der Waals surface area contributed by atoms with Crippen LogP contribution in [-0.4, -0.2) is 24.6 Å². The second kappa shape index (κ2) is 9.60. The van der Waals surface area contributed by atoms with Crippen LogP contribution in [0.3, 0.4) is 0 Å². The summed E-state index contributed by atoms with van der Waals surface area (Å²) in [4.78, 5) is 9.19. The Hall–Kier alpha value is -3.28. The fourth-order valence-corrected chi connectivity index (χ4v) is 2.76. The fourth-order valence-electron chi connectivity index (χ4n) is 2.76. The van der Waals surface area contributed by atoms with Gasteiger partial charge in [-0.3, -0.25) is 0 Å². The summed E-state index contributed by atoms with van der Waals surface area (Å²) in [5, 5.41) is 6.55. The summed E-state index contributed by atoms with van der Waals surface area (Å²) in [7, 11) is 1.68. The molecule has 0 fully saturated rings. The first-order valence-corrected chi connectivity index (χ1v) is 9.35. The molecule has 3 aromatic rings. The monoisotopic (exact) mass is 378 g/mol. The Balaban J connectivity index is 1.65. The zero-order chi connectivity index (χ0) is 19.8. The highest BCUT2D eigenvalue weighted by atomic mass is 16.5. The number of nitrogens with zero attached hydrogens (tertiary/aromatic N) is 2. The number of benzene rings is 2. The van der Waals surface area contributed by atoms with E-state index in [2.05, 4.69) is 26.7 Å². The molecule has 3 rings (SSSR count). The lowest BCUT2D eigenvalue weighted by atomic mass is 10.1. The Morgan fingerprint density at radius 3 is 2.71 bits per heavy atom. The van der Waals surface area contributed by atoms with Gasteiger partial charge in [0.15, 0.2) is 5.96 Å². The van der Waals surface area contributed by atoms with Gasteiger partial charge in [0.25, 0.3) is 0 Å². The van der Waals surface area contributed by atoms with Gasteiger partial charge in [0, 0.05) is 17.7 Å². The maximum absolute atomic E-state index is 5.59. The first-order chi connectivity index (χ1) is 13.7. The van der Waals surface area contributed by atoms with Crippen LogP contribution >= 0.6 is 0 Å². The van der Waals surface area contributed by atoms with Gasteiger partial charge in [0.05, 0.1) is 25.9 Å². The molecule has 0 amide bonds. The standard InChI is InChI=1S/C22H26N4O2/c1-4-23-22(24-13-18-11-10-16(2)12-20(18)27-3)25-14-19-15-28-21(26-19)17-8-6-5-7-9-17/h5-12,15H,4,13-14H2,1-3H3,(H2,23,24,25). The lowest BCUT2D eigenvalue weighted by Crippen LogP contribution is -2.36. The second-order valence-electron chi connectivity index (χ2n) is 6.37. The Morgan fingerprint density at radius 2 is 1.96 bits per heavy atom. The van der Waals surface area contributed by atoms with E-state index in [1.54, 1.807) is 13.4 Å². The van der Waals surface area contributed by atoms with Crippen LogP contribution in [0.15, 0.2) is 64.2 Å². The van der Waals surface area contributed by atoms with E-state index >= 15 is 0 Å². The van der Waals surface area contributed by atoms with Crippen molar-refractivity contribution in [2.24, 2.45) is 4.99 Å². The number of nitrogens with one attached hydrogen (secondary N) is 2. The summed E-state index contributed by atoms with van der Waals surface area (Å²) in [6.07, 6.45) is 1.67. The van der Waals surface area contributed by atoms with Gasteiger partial charge in [-0.2, -0.15) is 0 Å². The predicted molar refractivity (Wildman–Crippen MR) is 111 cm³/mol. The van der Waals surface area contributed by atoms with Crippen molar-refractivity contribution in [1.82, 2.24) is 15.6 Å². The molecule has 0 spiro atoms. The zero-order valence-corrected chi connectivity index (χ0v) is 16.5. The van der Waals surface area contributed by atoms with Crippen molar-refractivity contribution < 1.29 is 9.15 Å². The van der Waals surface area contributed by atoms with Crippen LogP contribution in [0, 0.1) is 6.92 Å². The van der Waals surface area contributed by atoms with Crippen molar-refractivity contribution in [3.8, 4) is 17.2 Å². The number of hydrogen-bond acceptors (Lipinski definition) is 4. The Labute approximate surface area is 165 Å². The van der Waals surface area contributed by atoms with Crippen LogP contribution in [0.1, 0.15) is 23.7 Å². The maximum atomic E-state index is 5.59. The smallest absolute Gasteiger partial charge is 0.226 e. The number of methoxy groups -OCH3 is 1. The molecule has 1 aromatic heterocycles. The van der Waals surface area contributed by atoms with Gasteiger partial charge in [-0.15, -0.1) is 0 Å². The van der Waals surface area contributed by atoms with Crippen molar-refractivity contribution >= 4 is 5.96 Å². The minimum Gasteiger partial charge on any atom is -0.496 e.